The number of amides is 2. The van der Waals surface area contributed by atoms with Crippen molar-refractivity contribution < 1.29 is 14.3 Å². The molecule has 0 aliphatic rings. The average Bonchev–Trinajstić information content (AvgIpc) is 2.54. The SMILES string of the molecule is Cc1ccc(COC(=O)C[C@H](NC(N)=O)c2ccc(Cl)cc2)cc1. The zero-order valence-corrected chi connectivity index (χ0v) is 14.0. The summed E-state index contributed by atoms with van der Waals surface area (Å²) in [7, 11) is 0. The van der Waals surface area contributed by atoms with Gasteiger partial charge in [-0.15, -0.1) is 0 Å². The molecule has 1 atom stereocenters. The van der Waals surface area contributed by atoms with Gasteiger partial charge in [-0.05, 0) is 30.2 Å². The van der Waals surface area contributed by atoms with E-state index in [1.54, 1.807) is 24.3 Å². The second-order valence-corrected chi connectivity index (χ2v) is 5.90. The van der Waals surface area contributed by atoms with Crippen molar-refractivity contribution in [1.29, 1.82) is 0 Å². The van der Waals surface area contributed by atoms with E-state index in [1.165, 1.54) is 0 Å². The van der Waals surface area contributed by atoms with Gasteiger partial charge in [0.1, 0.15) is 6.61 Å². The van der Waals surface area contributed by atoms with Gasteiger partial charge < -0.3 is 15.8 Å². The molecule has 126 valence electrons. The standard InChI is InChI=1S/C18H19ClN2O3/c1-12-2-4-13(5-3-12)11-24-17(22)10-16(21-18(20)23)14-6-8-15(19)9-7-14/h2-9,16H,10-11H2,1H3,(H3,20,21,23)/t16-/m0/s1. The second-order valence-electron chi connectivity index (χ2n) is 5.46. The van der Waals surface area contributed by atoms with Crippen molar-refractivity contribution in [2.45, 2.75) is 26.0 Å². The molecule has 0 fully saturated rings. The lowest BCUT2D eigenvalue weighted by Crippen LogP contribution is -2.34. The lowest BCUT2D eigenvalue weighted by molar-refractivity contribution is -0.145. The first kappa shape index (κ1) is 17.8. The summed E-state index contributed by atoms with van der Waals surface area (Å²) in [6.45, 7) is 2.17. The lowest BCUT2D eigenvalue weighted by Gasteiger charge is -2.17. The molecule has 6 heteroatoms. The smallest absolute Gasteiger partial charge is 0.312 e. The molecular weight excluding hydrogens is 328 g/mol. The van der Waals surface area contributed by atoms with Gasteiger partial charge in [0.25, 0.3) is 0 Å². The Hall–Kier alpha value is -2.53. The maximum atomic E-state index is 12.1. The molecule has 2 aromatic carbocycles. The van der Waals surface area contributed by atoms with E-state index in [2.05, 4.69) is 5.32 Å². The van der Waals surface area contributed by atoms with Crippen molar-refractivity contribution in [1.82, 2.24) is 5.32 Å². The molecule has 3 N–H and O–H groups in total. The van der Waals surface area contributed by atoms with Crippen molar-refractivity contribution in [3.63, 3.8) is 0 Å². The fraction of sp³-hybridized carbons (Fsp3) is 0.222. The zero-order chi connectivity index (χ0) is 17.5. The normalized spacial score (nSPS) is 11.6. The molecule has 2 amide bonds. The number of carbonyl (C=O) groups excluding carboxylic acids is 2. The minimum atomic E-state index is -0.707. The highest BCUT2D eigenvalue weighted by Crippen LogP contribution is 2.20. The van der Waals surface area contributed by atoms with Crippen LogP contribution in [-0.2, 0) is 16.1 Å². The summed E-state index contributed by atoms with van der Waals surface area (Å²) in [5, 5.41) is 3.12. The highest BCUT2D eigenvalue weighted by molar-refractivity contribution is 6.30. The lowest BCUT2D eigenvalue weighted by atomic mass is 10.0. The Labute approximate surface area is 145 Å². The highest BCUT2D eigenvalue weighted by atomic mass is 35.5. The van der Waals surface area contributed by atoms with Crippen LogP contribution in [0.15, 0.2) is 48.5 Å². The third-order valence-electron chi connectivity index (χ3n) is 3.48. The topological polar surface area (TPSA) is 81.4 Å². The molecular formula is C18H19ClN2O3. The number of carbonyl (C=O) groups is 2. The quantitative estimate of drug-likeness (QED) is 0.785. The van der Waals surface area contributed by atoms with Gasteiger partial charge >= 0.3 is 12.0 Å². The Morgan fingerprint density at radius 2 is 1.75 bits per heavy atom. The first-order chi connectivity index (χ1) is 11.4. The summed E-state index contributed by atoms with van der Waals surface area (Å²) in [6, 6.07) is 13.3. The van der Waals surface area contributed by atoms with Gasteiger partial charge in [-0.3, -0.25) is 4.79 Å². The number of nitrogens with one attached hydrogen (secondary N) is 1. The van der Waals surface area contributed by atoms with Crippen LogP contribution < -0.4 is 11.1 Å². The fourth-order valence-corrected chi connectivity index (χ4v) is 2.32. The summed E-state index contributed by atoms with van der Waals surface area (Å²) in [4.78, 5) is 23.3. The van der Waals surface area contributed by atoms with Crippen LogP contribution in [0.4, 0.5) is 4.79 Å². The van der Waals surface area contributed by atoms with E-state index in [1.807, 2.05) is 31.2 Å². The monoisotopic (exact) mass is 346 g/mol. The van der Waals surface area contributed by atoms with E-state index in [-0.39, 0.29) is 13.0 Å². The number of esters is 1. The van der Waals surface area contributed by atoms with E-state index in [0.717, 1.165) is 16.7 Å². The van der Waals surface area contributed by atoms with Gasteiger partial charge in [-0.2, -0.15) is 0 Å². The van der Waals surface area contributed by atoms with Gasteiger partial charge in [-0.25, -0.2) is 4.79 Å². The van der Waals surface area contributed by atoms with Gasteiger partial charge in [0.05, 0.1) is 12.5 Å². The van der Waals surface area contributed by atoms with Crippen LogP contribution in [0.5, 0.6) is 0 Å². The number of ether oxygens (including phenoxy) is 1. The van der Waals surface area contributed by atoms with Gasteiger partial charge in [0.2, 0.25) is 0 Å². The van der Waals surface area contributed by atoms with Gasteiger partial charge in [-0.1, -0.05) is 53.6 Å². The van der Waals surface area contributed by atoms with E-state index in [4.69, 9.17) is 22.1 Å². The number of halogens is 1. The number of benzene rings is 2. The summed E-state index contributed by atoms with van der Waals surface area (Å²) in [6.07, 6.45) is -0.0174. The first-order valence-electron chi connectivity index (χ1n) is 7.46. The molecule has 2 rings (SSSR count). The number of primary amides is 1. The van der Waals surface area contributed by atoms with Crippen molar-refractivity contribution in [2.75, 3.05) is 0 Å². The Kier molecular flexibility index (Phi) is 6.21. The Bertz CT molecular complexity index is 699. The molecule has 0 heterocycles. The number of rotatable bonds is 6. The van der Waals surface area contributed by atoms with Gasteiger partial charge in [0.15, 0.2) is 0 Å². The van der Waals surface area contributed by atoms with E-state index >= 15 is 0 Å². The van der Waals surface area contributed by atoms with Gasteiger partial charge in [0, 0.05) is 5.02 Å². The summed E-state index contributed by atoms with van der Waals surface area (Å²) in [5.41, 5.74) is 7.95. The molecule has 0 saturated carbocycles. The van der Waals surface area contributed by atoms with Crippen LogP contribution in [0.1, 0.15) is 29.2 Å². The van der Waals surface area contributed by atoms with Crippen molar-refractivity contribution in [3.05, 3.63) is 70.2 Å². The molecule has 0 aliphatic carbocycles. The molecule has 0 aliphatic heterocycles. The van der Waals surface area contributed by atoms with Crippen LogP contribution in [0, 0.1) is 6.92 Å². The van der Waals surface area contributed by atoms with Crippen LogP contribution in [0.25, 0.3) is 0 Å². The van der Waals surface area contributed by atoms with Crippen LogP contribution >= 0.6 is 11.6 Å². The first-order valence-corrected chi connectivity index (χ1v) is 7.84. The Morgan fingerprint density at radius 1 is 1.12 bits per heavy atom. The number of nitrogens with two attached hydrogens (primary N) is 1. The molecule has 0 saturated heterocycles. The number of aryl methyl sites for hydroxylation is 1. The predicted molar refractivity (Wildman–Crippen MR) is 92.5 cm³/mol. The van der Waals surface area contributed by atoms with Crippen molar-refractivity contribution >= 4 is 23.6 Å². The molecule has 0 unspecified atom stereocenters. The molecule has 0 bridgehead atoms. The third-order valence-corrected chi connectivity index (χ3v) is 3.73. The molecule has 5 nitrogen and oxygen atoms in total. The third kappa shape index (κ3) is 5.59. The fourth-order valence-electron chi connectivity index (χ4n) is 2.19. The molecule has 0 radical (unpaired) electrons. The summed E-state index contributed by atoms with van der Waals surface area (Å²) >= 11 is 5.85. The average molecular weight is 347 g/mol. The van der Waals surface area contributed by atoms with E-state index < -0.39 is 18.0 Å². The highest BCUT2D eigenvalue weighted by Gasteiger charge is 2.18. The minimum Gasteiger partial charge on any atom is -0.461 e. The Morgan fingerprint density at radius 3 is 2.33 bits per heavy atom. The second kappa shape index (κ2) is 8.36. The number of hydrogen-bond donors (Lipinski definition) is 2. The Balaban J connectivity index is 1.97. The van der Waals surface area contributed by atoms with Crippen LogP contribution in [0.3, 0.4) is 0 Å². The predicted octanol–water partition coefficient (Wildman–Crippen LogP) is 3.49. The van der Waals surface area contributed by atoms with Crippen LogP contribution in [0.2, 0.25) is 5.02 Å². The number of urea groups is 1. The minimum absolute atomic E-state index is 0.0174. The van der Waals surface area contributed by atoms with Crippen molar-refractivity contribution in [2.24, 2.45) is 5.73 Å². The maximum Gasteiger partial charge on any atom is 0.312 e. The summed E-state index contributed by atoms with van der Waals surface area (Å²) in [5.74, 6) is -0.427. The molecule has 0 aromatic heterocycles. The largest absolute Gasteiger partial charge is 0.461 e. The molecule has 0 spiro atoms. The maximum absolute atomic E-state index is 12.1. The number of hydrogen-bond acceptors (Lipinski definition) is 3. The zero-order valence-electron chi connectivity index (χ0n) is 13.3. The molecule has 2 aromatic rings. The molecule has 24 heavy (non-hydrogen) atoms. The van der Waals surface area contributed by atoms with E-state index in [9.17, 15) is 9.59 Å². The van der Waals surface area contributed by atoms with Crippen LogP contribution in [-0.4, -0.2) is 12.0 Å². The summed E-state index contributed by atoms with van der Waals surface area (Å²) < 4.78 is 5.27. The van der Waals surface area contributed by atoms with E-state index in [0.29, 0.717) is 5.02 Å². The van der Waals surface area contributed by atoms with Crippen molar-refractivity contribution in [3.8, 4) is 0 Å².